The second-order valence-corrected chi connectivity index (χ2v) is 3.39. The highest BCUT2D eigenvalue weighted by atomic mass is 15.1. The molecule has 0 fully saturated rings. The molecule has 0 radical (unpaired) electrons. The van der Waals surface area contributed by atoms with Crippen molar-refractivity contribution < 1.29 is 0 Å². The number of nitrogens with two attached hydrogens (primary N) is 1. The van der Waals surface area contributed by atoms with Crippen LogP contribution < -0.4 is 5.73 Å². The van der Waals surface area contributed by atoms with Crippen LogP contribution in [0.1, 0.15) is 20.3 Å². The van der Waals surface area contributed by atoms with Gasteiger partial charge in [0.05, 0.1) is 0 Å². The second kappa shape index (κ2) is 7.32. The third-order valence-corrected chi connectivity index (χ3v) is 1.90. The first-order valence-corrected chi connectivity index (χ1v) is 4.77. The van der Waals surface area contributed by atoms with Crippen molar-refractivity contribution in [3.63, 3.8) is 0 Å². The summed E-state index contributed by atoms with van der Waals surface area (Å²) in [6.07, 6.45) is 3.16. The molecule has 72 valence electrons. The summed E-state index contributed by atoms with van der Waals surface area (Å²) < 4.78 is 0. The van der Waals surface area contributed by atoms with Gasteiger partial charge in [0.1, 0.15) is 0 Å². The predicted molar refractivity (Wildman–Crippen MR) is 55.1 cm³/mol. The molecule has 0 aliphatic rings. The summed E-state index contributed by atoms with van der Waals surface area (Å²) in [4.78, 5) is 2.39. The standard InChI is InChI=1S/C10H22N2/c1-4-6-12(7-5-2)9-10(3)8-11/h4,10H,1,5-9,11H2,2-3H3. The number of nitrogens with zero attached hydrogens (tertiary/aromatic N) is 1. The van der Waals surface area contributed by atoms with Crippen molar-refractivity contribution in [1.82, 2.24) is 4.90 Å². The van der Waals surface area contributed by atoms with E-state index in [4.69, 9.17) is 5.73 Å². The van der Waals surface area contributed by atoms with Crippen LogP contribution in [-0.2, 0) is 0 Å². The number of rotatable bonds is 7. The zero-order valence-electron chi connectivity index (χ0n) is 8.42. The highest BCUT2D eigenvalue weighted by Gasteiger charge is 2.05. The fourth-order valence-electron chi connectivity index (χ4n) is 1.27. The van der Waals surface area contributed by atoms with E-state index in [0.29, 0.717) is 5.92 Å². The largest absolute Gasteiger partial charge is 0.330 e. The van der Waals surface area contributed by atoms with Gasteiger partial charge in [-0.05, 0) is 25.4 Å². The molecule has 0 aromatic rings. The second-order valence-electron chi connectivity index (χ2n) is 3.39. The van der Waals surface area contributed by atoms with Gasteiger partial charge in [0.2, 0.25) is 0 Å². The minimum atomic E-state index is 0.594. The van der Waals surface area contributed by atoms with E-state index in [1.54, 1.807) is 0 Å². The predicted octanol–water partition coefficient (Wildman–Crippen LogP) is 1.48. The van der Waals surface area contributed by atoms with Gasteiger partial charge in [-0.3, -0.25) is 4.90 Å². The van der Waals surface area contributed by atoms with Crippen molar-refractivity contribution in [1.29, 1.82) is 0 Å². The first kappa shape index (κ1) is 11.7. The minimum absolute atomic E-state index is 0.594. The van der Waals surface area contributed by atoms with E-state index in [1.807, 2.05) is 6.08 Å². The first-order chi connectivity index (χ1) is 5.74. The Balaban J connectivity index is 3.68. The summed E-state index contributed by atoms with van der Waals surface area (Å²) in [7, 11) is 0. The molecular weight excluding hydrogens is 148 g/mol. The van der Waals surface area contributed by atoms with Crippen LogP contribution in [0.3, 0.4) is 0 Å². The van der Waals surface area contributed by atoms with E-state index in [1.165, 1.54) is 6.42 Å². The van der Waals surface area contributed by atoms with Crippen molar-refractivity contribution >= 4 is 0 Å². The van der Waals surface area contributed by atoms with Gasteiger partial charge in [0.25, 0.3) is 0 Å². The number of hydrogen-bond acceptors (Lipinski definition) is 2. The summed E-state index contributed by atoms with van der Waals surface area (Å²) in [5.74, 6) is 0.594. The molecule has 0 saturated carbocycles. The third kappa shape index (κ3) is 5.33. The van der Waals surface area contributed by atoms with E-state index in [-0.39, 0.29) is 0 Å². The molecule has 0 aromatic carbocycles. The molecule has 1 unspecified atom stereocenters. The maximum Gasteiger partial charge on any atom is 0.0160 e. The van der Waals surface area contributed by atoms with Crippen LogP contribution in [-0.4, -0.2) is 31.1 Å². The Morgan fingerprint density at radius 1 is 1.58 bits per heavy atom. The van der Waals surface area contributed by atoms with Crippen LogP contribution in [0.2, 0.25) is 0 Å². The Bertz CT molecular complexity index is 112. The van der Waals surface area contributed by atoms with E-state index in [0.717, 1.165) is 26.2 Å². The zero-order chi connectivity index (χ0) is 9.40. The fourth-order valence-corrected chi connectivity index (χ4v) is 1.27. The quantitative estimate of drug-likeness (QED) is 0.586. The summed E-state index contributed by atoms with van der Waals surface area (Å²) in [6.45, 7) is 12.1. The summed E-state index contributed by atoms with van der Waals surface area (Å²) in [6, 6.07) is 0. The fraction of sp³-hybridized carbons (Fsp3) is 0.800. The minimum Gasteiger partial charge on any atom is -0.330 e. The van der Waals surface area contributed by atoms with Crippen LogP contribution >= 0.6 is 0 Å². The molecule has 0 bridgehead atoms. The maximum absolute atomic E-state index is 5.56. The summed E-state index contributed by atoms with van der Waals surface area (Å²) >= 11 is 0. The highest BCUT2D eigenvalue weighted by molar-refractivity contribution is 4.74. The Kier molecular flexibility index (Phi) is 7.11. The lowest BCUT2D eigenvalue weighted by Gasteiger charge is -2.22. The molecular formula is C10H22N2. The molecule has 0 saturated heterocycles. The SMILES string of the molecule is C=CCN(CCC)CC(C)CN. The Labute approximate surface area is 76.4 Å². The molecule has 1 atom stereocenters. The lowest BCUT2D eigenvalue weighted by molar-refractivity contribution is 0.263. The highest BCUT2D eigenvalue weighted by Crippen LogP contribution is 1.99. The van der Waals surface area contributed by atoms with Crippen LogP contribution in [0.5, 0.6) is 0 Å². The molecule has 0 rings (SSSR count). The van der Waals surface area contributed by atoms with Crippen molar-refractivity contribution in [3.8, 4) is 0 Å². The van der Waals surface area contributed by atoms with Gasteiger partial charge in [0, 0.05) is 13.1 Å². The van der Waals surface area contributed by atoms with Crippen molar-refractivity contribution in [2.24, 2.45) is 11.7 Å². The molecule has 0 spiro atoms. The van der Waals surface area contributed by atoms with Crippen LogP contribution in [0.4, 0.5) is 0 Å². The molecule has 2 heteroatoms. The van der Waals surface area contributed by atoms with Gasteiger partial charge in [-0.1, -0.05) is 19.9 Å². The molecule has 12 heavy (non-hydrogen) atoms. The van der Waals surface area contributed by atoms with Crippen LogP contribution in [0.15, 0.2) is 12.7 Å². The smallest absolute Gasteiger partial charge is 0.0160 e. The van der Waals surface area contributed by atoms with Crippen molar-refractivity contribution in [2.45, 2.75) is 20.3 Å². The summed E-state index contributed by atoms with van der Waals surface area (Å²) in [5, 5.41) is 0. The average molecular weight is 170 g/mol. The van der Waals surface area contributed by atoms with E-state index < -0.39 is 0 Å². The molecule has 0 aromatic heterocycles. The van der Waals surface area contributed by atoms with Gasteiger partial charge in [-0.25, -0.2) is 0 Å². The Hall–Kier alpha value is -0.340. The maximum atomic E-state index is 5.56. The van der Waals surface area contributed by atoms with Gasteiger partial charge >= 0.3 is 0 Å². The first-order valence-electron chi connectivity index (χ1n) is 4.77. The van der Waals surface area contributed by atoms with E-state index in [9.17, 15) is 0 Å². The van der Waals surface area contributed by atoms with Crippen molar-refractivity contribution in [3.05, 3.63) is 12.7 Å². The molecule has 0 aliphatic heterocycles. The molecule has 0 aliphatic carbocycles. The number of hydrogen-bond donors (Lipinski definition) is 1. The van der Waals surface area contributed by atoms with Crippen molar-refractivity contribution in [2.75, 3.05) is 26.2 Å². The Morgan fingerprint density at radius 3 is 2.67 bits per heavy atom. The summed E-state index contributed by atoms with van der Waals surface area (Å²) in [5.41, 5.74) is 5.56. The van der Waals surface area contributed by atoms with E-state index >= 15 is 0 Å². The lowest BCUT2D eigenvalue weighted by atomic mass is 10.1. The van der Waals surface area contributed by atoms with Crippen LogP contribution in [0.25, 0.3) is 0 Å². The molecule has 2 nitrogen and oxygen atoms in total. The zero-order valence-corrected chi connectivity index (χ0v) is 8.42. The monoisotopic (exact) mass is 170 g/mol. The topological polar surface area (TPSA) is 29.3 Å². The van der Waals surface area contributed by atoms with Gasteiger partial charge in [0.15, 0.2) is 0 Å². The molecule has 2 N–H and O–H groups in total. The molecule has 0 heterocycles. The third-order valence-electron chi connectivity index (χ3n) is 1.90. The Morgan fingerprint density at radius 2 is 2.25 bits per heavy atom. The average Bonchev–Trinajstić information content (AvgIpc) is 2.05. The van der Waals surface area contributed by atoms with E-state index in [2.05, 4.69) is 25.3 Å². The molecule has 0 amide bonds. The van der Waals surface area contributed by atoms with Crippen LogP contribution in [0, 0.1) is 5.92 Å². The normalized spacial score (nSPS) is 13.3. The van der Waals surface area contributed by atoms with Gasteiger partial charge in [-0.15, -0.1) is 6.58 Å². The van der Waals surface area contributed by atoms with Gasteiger partial charge < -0.3 is 5.73 Å². The van der Waals surface area contributed by atoms with Gasteiger partial charge in [-0.2, -0.15) is 0 Å². The lowest BCUT2D eigenvalue weighted by Crippen LogP contribution is -2.32.